The van der Waals surface area contributed by atoms with Crippen molar-refractivity contribution in [2.24, 2.45) is 11.1 Å². The summed E-state index contributed by atoms with van der Waals surface area (Å²) in [5, 5.41) is 10.1. The van der Waals surface area contributed by atoms with E-state index in [-0.39, 0.29) is 5.41 Å². The molecule has 0 aliphatic rings. The standard InChI is InChI=1S/C10H16BrNO2/c1-3-10(2,6-12)9(13)7-4-5-8(11)14-7/h4-5,9,13H,3,6,12H2,1-2H3. The summed E-state index contributed by atoms with van der Waals surface area (Å²) in [7, 11) is 0. The number of hydrogen-bond donors (Lipinski definition) is 2. The predicted octanol–water partition coefficient (Wildman–Crippen LogP) is 2.45. The topological polar surface area (TPSA) is 59.4 Å². The van der Waals surface area contributed by atoms with E-state index in [0.29, 0.717) is 17.0 Å². The summed E-state index contributed by atoms with van der Waals surface area (Å²) in [6.45, 7) is 4.39. The lowest BCUT2D eigenvalue weighted by Gasteiger charge is -2.30. The van der Waals surface area contributed by atoms with Gasteiger partial charge < -0.3 is 15.3 Å². The highest BCUT2D eigenvalue weighted by atomic mass is 79.9. The molecule has 0 aliphatic carbocycles. The van der Waals surface area contributed by atoms with Crippen LogP contribution in [0.1, 0.15) is 32.1 Å². The van der Waals surface area contributed by atoms with E-state index in [1.807, 2.05) is 13.8 Å². The van der Waals surface area contributed by atoms with Crippen LogP contribution in [0.4, 0.5) is 0 Å². The largest absolute Gasteiger partial charge is 0.452 e. The molecular weight excluding hydrogens is 246 g/mol. The molecule has 14 heavy (non-hydrogen) atoms. The van der Waals surface area contributed by atoms with Crippen LogP contribution in [-0.2, 0) is 0 Å². The van der Waals surface area contributed by atoms with Gasteiger partial charge in [-0.2, -0.15) is 0 Å². The normalized spacial score (nSPS) is 17.8. The monoisotopic (exact) mass is 261 g/mol. The molecule has 80 valence electrons. The Labute approximate surface area is 92.4 Å². The third-order valence-corrected chi connectivity index (χ3v) is 3.22. The molecule has 3 N–H and O–H groups in total. The molecule has 4 heteroatoms. The summed E-state index contributed by atoms with van der Waals surface area (Å²) in [4.78, 5) is 0. The van der Waals surface area contributed by atoms with Gasteiger partial charge >= 0.3 is 0 Å². The van der Waals surface area contributed by atoms with Crippen LogP contribution in [0.15, 0.2) is 21.2 Å². The Kier molecular flexibility index (Phi) is 3.75. The van der Waals surface area contributed by atoms with Crippen molar-refractivity contribution < 1.29 is 9.52 Å². The van der Waals surface area contributed by atoms with Gasteiger partial charge in [0.05, 0.1) is 0 Å². The Bertz CT molecular complexity index is 294. The summed E-state index contributed by atoms with van der Waals surface area (Å²) in [6, 6.07) is 3.53. The molecule has 0 aromatic carbocycles. The minimum absolute atomic E-state index is 0.322. The first kappa shape index (κ1) is 11.8. The lowest BCUT2D eigenvalue weighted by molar-refractivity contribution is 0.0213. The zero-order chi connectivity index (χ0) is 10.8. The first-order valence-corrected chi connectivity index (χ1v) is 5.46. The van der Waals surface area contributed by atoms with Crippen molar-refractivity contribution in [2.75, 3.05) is 6.54 Å². The fraction of sp³-hybridized carbons (Fsp3) is 0.600. The molecule has 0 bridgehead atoms. The third kappa shape index (κ3) is 2.19. The molecular formula is C10H16BrNO2. The maximum absolute atomic E-state index is 10.1. The quantitative estimate of drug-likeness (QED) is 0.876. The van der Waals surface area contributed by atoms with Crippen LogP contribution in [0, 0.1) is 5.41 Å². The van der Waals surface area contributed by atoms with Gasteiger partial charge in [-0.15, -0.1) is 0 Å². The Morgan fingerprint density at radius 2 is 2.29 bits per heavy atom. The average molecular weight is 262 g/mol. The van der Waals surface area contributed by atoms with Crippen LogP contribution in [0.2, 0.25) is 0 Å². The second kappa shape index (κ2) is 4.47. The van der Waals surface area contributed by atoms with Gasteiger partial charge in [0.15, 0.2) is 4.67 Å². The first-order valence-electron chi connectivity index (χ1n) is 4.67. The summed E-state index contributed by atoms with van der Waals surface area (Å²) >= 11 is 3.20. The highest BCUT2D eigenvalue weighted by Gasteiger charge is 2.33. The molecule has 2 unspecified atom stereocenters. The predicted molar refractivity (Wildman–Crippen MR) is 58.8 cm³/mol. The van der Waals surface area contributed by atoms with Crippen molar-refractivity contribution in [1.29, 1.82) is 0 Å². The first-order chi connectivity index (χ1) is 6.53. The highest BCUT2D eigenvalue weighted by molar-refractivity contribution is 9.10. The van der Waals surface area contributed by atoms with Crippen LogP contribution in [0.3, 0.4) is 0 Å². The van der Waals surface area contributed by atoms with E-state index in [0.717, 1.165) is 6.42 Å². The number of aliphatic hydroxyl groups is 1. The summed E-state index contributed by atoms with van der Waals surface area (Å²) in [6.07, 6.45) is 0.159. The molecule has 0 saturated heterocycles. The van der Waals surface area contributed by atoms with E-state index >= 15 is 0 Å². The van der Waals surface area contributed by atoms with Crippen molar-refractivity contribution >= 4 is 15.9 Å². The SMILES string of the molecule is CCC(C)(CN)C(O)c1ccc(Br)o1. The number of hydrogen-bond acceptors (Lipinski definition) is 3. The molecule has 1 heterocycles. The Morgan fingerprint density at radius 1 is 1.64 bits per heavy atom. The van der Waals surface area contributed by atoms with Gasteiger partial charge in [-0.05, 0) is 34.5 Å². The van der Waals surface area contributed by atoms with Crippen molar-refractivity contribution in [3.05, 3.63) is 22.6 Å². The molecule has 1 aromatic heterocycles. The Morgan fingerprint density at radius 3 is 2.64 bits per heavy atom. The maximum atomic E-state index is 10.1. The minimum atomic E-state index is -0.649. The Balaban J connectivity index is 2.88. The van der Waals surface area contributed by atoms with Gasteiger partial charge in [0.1, 0.15) is 11.9 Å². The second-order valence-electron chi connectivity index (χ2n) is 3.76. The lowest BCUT2D eigenvalue weighted by atomic mass is 9.80. The molecule has 0 amide bonds. The highest BCUT2D eigenvalue weighted by Crippen LogP contribution is 2.36. The number of rotatable bonds is 4. The summed E-state index contributed by atoms with van der Waals surface area (Å²) < 4.78 is 5.93. The van der Waals surface area contributed by atoms with Crippen LogP contribution >= 0.6 is 15.9 Å². The van der Waals surface area contributed by atoms with Gasteiger partial charge in [-0.25, -0.2) is 0 Å². The van der Waals surface area contributed by atoms with Crippen molar-refractivity contribution in [3.63, 3.8) is 0 Å². The van der Waals surface area contributed by atoms with Crippen LogP contribution in [0.25, 0.3) is 0 Å². The van der Waals surface area contributed by atoms with E-state index in [2.05, 4.69) is 15.9 Å². The van der Waals surface area contributed by atoms with Crippen molar-refractivity contribution in [2.45, 2.75) is 26.4 Å². The molecule has 3 nitrogen and oxygen atoms in total. The maximum Gasteiger partial charge on any atom is 0.169 e. The van der Waals surface area contributed by atoms with Gasteiger partial charge in [-0.1, -0.05) is 13.8 Å². The van der Waals surface area contributed by atoms with E-state index in [1.165, 1.54) is 0 Å². The molecule has 0 radical (unpaired) electrons. The van der Waals surface area contributed by atoms with E-state index in [1.54, 1.807) is 12.1 Å². The Hall–Kier alpha value is -0.320. The van der Waals surface area contributed by atoms with Crippen LogP contribution < -0.4 is 5.73 Å². The summed E-state index contributed by atoms with van der Waals surface area (Å²) in [5.41, 5.74) is 5.33. The van der Waals surface area contributed by atoms with Crippen molar-refractivity contribution in [3.8, 4) is 0 Å². The number of aliphatic hydroxyl groups excluding tert-OH is 1. The smallest absolute Gasteiger partial charge is 0.169 e. The van der Waals surface area contributed by atoms with E-state index < -0.39 is 6.10 Å². The fourth-order valence-electron chi connectivity index (χ4n) is 1.27. The minimum Gasteiger partial charge on any atom is -0.452 e. The molecule has 1 aromatic rings. The second-order valence-corrected chi connectivity index (χ2v) is 4.54. The van der Waals surface area contributed by atoms with Crippen LogP contribution in [-0.4, -0.2) is 11.7 Å². The lowest BCUT2D eigenvalue weighted by Crippen LogP contribution is -2.33. The van der Waals surface area contributed by atoms with Gasteiger partial charge in [0, 0.05) is 12.0 Å². The van der Waals surface area contributed by atoms with E-state index in [9.17, 15) is 5.11 Å². The summed E-state index contributed by atoms with van der Waals surface area (Å²) in [5.74, 6) is 0.562. The average Bonchev–Trinajstić information content (AvgIpc) is 2.62. The zero-order valence-corrected chi connectivity index (χ0v) is 10.0. The van der Waals surface area contributed by atoms with Crippen molar-refractivity contribution in [1.82, 2.24) is 0 Å². The third-order valence-electron chi connectivity index (χ3n) is 2.80. The molecule has 2 atom stereocenters. The molecule has 0 saturated carbocycles. The zero-order valence-electron chi connectivity index (χ0n) is 8.46. The van der Waals surface area contributed by atoms with E-state index in [4.69, 9.17) is 10.2 Å². The molecule has 0 spiro atoms. The fourth-order valence-corrected chi connectivity index (χ4v) is 1.59. The molecule has 0 fully saturated rings. The molecule has 0 aliphatic heterocycles. The molecule has 1 rings (SSSR count). The number of furan rings is 1. The number of halogens is 1. The number of nitrogens with two attached hydrogens (primary N) is 1. The van der Waals surface area contributed by atoms with Gasteiger partial charge in [-0.3, -0.25) is 0 Å². The van der Waals surface area contributed by atoms with Gasteiger partial charge in [0.25, 0.3) is 0 Å². The van der Waals surface area contributed by atoms with Gasteiger partial charge in [0.2, 0.25) is 0 Å². The van der Waals surface area contributed by atoms with Crippen LogP contribution in [0.5, 0.6) is 0 Å².